The topological polar surface area (TPSA) is 84.8 Å². The molecule has 9 heteroatoms. The van der Waals surface area contributed by atoms with Crippen LogP contribution in [0.25, 0.3) is 0 Å². The van der Waals surface area contributed by atoms with Crippen molar-refractivity contribution in [2.24, 2.45) is 7.05 Å². The number of carbonyl (C=O) groups is 1. The molecular weight excluding hydrogens is 304 g/mol. The minimum Gasteiger partial charge on any atom is -0.293 e. The SMILES string of the molecule is Cn1[nH]c(=O)c(=O)nc1SCC(=O)c1ccc(F)cc1F. The molecule has 0 bridgehead atoms. The molecule has 6 nitrogen and oxygen atoms in total. The summed E-state index contributed by atoms with van der Waals surface area (Å²) in [6.07, 6.45) is 0. The number of nitrogens with one attached hydrogen (secondary N) is 1. The zero-order chi connectivity index (χ0) is 15.6. The molecular formula is C12H9F2N3O3S. The zero-order valence-electron chi connectivity index (χ0n) is 10.7. The van der Waals surface area contributed by atoms with Crippen molar-refractivity contribution in [1.29, 1.82) is 0 Å². The van der Waals surface area contributed by atoms with Gasteiger partial charge in [-0.05, 0) is 12.1 Å². The van der Waals surface area contributed by atoms with Crippen LogP contribution in [0.2, 0.25) is 0 Å². The molecule has 0 aliphatic rings. The summed E-state index contributed by atoms with van der Waals surface area (Å²) in [5.41, 5.74) is -2.10. The molecule has 0 aliphatic heterocycles. The van der Waals surface area contributed by atoms with Crippen LogP contribution in [0.15, 0.2) is 32.9 Å². The van der Waals surface area contributed by atoms with Gasteiger partial charge < -0.3 is 0 Å². The second-order valence-corrected chi connectivity index (χ2v) is 4.98. The molecule has 0 fully saturated rings. The molecule has 1 aromatic heterocycles. The number of thioether (sulfide) groups is 1. The number of aryl methyl sites for hydroxylation is 1. The van der Waals surface area contributed by atoms with Crippen LogP contribution in [0.1, 0.15) is 10.4 Å². The highest BCUT2D eigenvalue weighted by Gasteiger charge is 2.14. The van der Waals surface area contributed by atoms with Crippen LogP contribution in [-0.4, -0.2) is 26.3 Å². The Morgan fingerprint density at radius 3 is 2.76 bits per heavy atom. The van der Waals surface area contributed by atoms with E-state index in [0.29, 0.717) is 6.07 Å². The Balaban J connectivity index is 2.16. The number of benzene rings is 1. The first-order valence-corrected chi connectivity index (χ1v) is 6.65. The molecule has 0 aliphatic carbocycles. The lowest BCUT2D eigenvalue weighted by atomic mass is 10.1. The molecule has 110 valence electrons. The Kier molecular flexibility index (Phi) is 4.32. The predicted molar refractivity (Wildman–Crippen MR) is 71.5 cm³/mol. The molecule has 0 spiro atoms. The van der Waals surface area contributed by atoms with Gasteiger partial charge in [0.15, 0.2) is 10.9 Å². The highest BCUT2D eigenvalue weighted by atomic mass is 32.2. The Hall–Kier alpha value is -2.29. The van der Waals surface area contributed by atoms with E-state index in [2.05, 4.69) is 10.1 Å². The van der Waals surface area contributed by atoms with Gasteiger partial charge in [-0.3, -0.25) is 24.2 Å². The van der Waals surface area contributed by atoms with Gasteiger partial charge in [0.05, 0.1) is 11.3 Å². The smallest absolute Gasteiger partial charge is 0.293 e. The van der Waals surface area contributed by atoms with Crippen molar-refractivity contribution in [3.8, 4) is 0 Å². The number of hydrogen-bond donors (Lipinski definition) is 1. The van der Waals surface area contributed by atoms with Crippen LogP contribution in [0.3, 0.4) is 0 Å². The summed E-state index contributed by atoms with van der Waals surface area (Å²) in [6, 6.07) is 2.65. The second-order valence-electron chi connectivity index (χ2n) is 4.04. The van der Waals surface area contributed by atoms with E-state index in [1.54, 1.807) is 0 Å². The van der Waals surface area contributed by atoms with Gasteiger partial charge in [-0.25, -0.2) is 8.78 Å². The molecule has 1 heterocycles. The van der Waals surface area contributed by atoms with E-state index in [9.17, 15) is 23.2 Å². The number of ketones is 1. The van der Waals surface area contributed by atoms with Crippen molar-refractivity contribution in [2.75, 3.05) is 5.75 Å². The normalized spacial score (nSPS) is 10.6. The third kappa shape index (κ3) is 3.43. The third-order valence-electron chi connectivity index (χ3n) is 2.51. The lowest BCUT2D eigenvalue weighted by molar-refractivity contribution is 0.101. The minimum atomic E-state index is -0.976. The van der Waals surface area contributed by atoms with E-state index in [4.69, 9.17) is 0 Å². The molecule has 0 saturated carbocycles. The number of hydrogen-bond acceptors (Lipinski definition) is 5. The fourth-order valence-corrected chi connectivity index (χ4v) is 2.32. The fraction of sp³-hybridized carbons (Fsp3) is 0.167. The Morgan fingerprint density at radius 1 is 1.38 bits per heavy atom. The van der Waals surface area contributed by atoms with Gasteiger partial charge in [-0.15, -0.1) is 0 Å². The van der Waals surface area contributed by atoms with E-state index >= 15 is 0 Å². The first-order chi connectivity index (χ1) is 9.88. The third-order valence-corrected chi connectivity index (χ3v) is 3.54. The van der Waals surface area contributed by atoms with Gasteiger partial charge in [0.1, 0.15) is 11.6 Å². The molecule has 0 atom stereocenters. The van der Waals surface area contributed by atoms with Gasteiger partial charge in [-0.2, -0.15) is 4.98 Å². The van der Waals surface area contributed by atoms with Gasteiger partial charge in [0, 0.05) is 13.1 Å². The maximum absolute atomic E-state index is 13.4. The molecule has 0 radical (unpaired) electrons. The summed E-state index contributed by atoms with van der Waals surface area (Å²) in [5, 5.41) is 2.33. The van der Waals surface area contributed by atoms with Crippen molar-refractivity contribution in [3.63, 3.8) is 0 Å². The minimum absolute atomic E-state index is 0.107. The number of aromatic nitrogens is 3. The van der Waals surface area contributed by atoms with Crippen LogP contribution in [0.5, 0.6) is 0 Å². The van der Waals surface area contributed by atoms with Crippen LogP contribution in [-0.2, 0) is 7.05 Å². The lowest BCUT2D eigenvalue weighted by Gasteiger charge is -2.06. The highest BCUT2D eigenvalue weighted by Crippen LogP contribution is 2.16. The lowest BCUT2D eigenvalue weighted by Crippen LogP contribution is -2.34. The fourth-order valence-electron chi connectivity index (χ4n) is 1.51. The van der Waals surface area contributed by atoms with E-state index < -0.39 is 28.5 Å². The number of aromatic amines is 1. The van der Waals surface area contributed by atoms with Crippen molar-refractivity contribution >= 4 is 17.5 Å². The van der Waals surface area contributed by atoms with Gasteiger partial charge in [0.2, 0.25) is 0 Å². The van der Waals surface area contributed by atoms with Crippen LogP contribution in [0, 0.1) is 11.6 Å². The van der Waals surface area contributed by atoms with E-state index in [0.717, 1.165) is 23.9 Å². The standard InChI is InChI=1S/C12H9F2N3O3S/c1-17-12(15-10(19)11(20)16-17)21-5-9(18)7-3-2-6(13)4-8(7)14/h2-4H,5H2,1H3,(H,16,20). The molecule has 1 N–H and O–H groups in total. The average molecular weight is 313 g/mol. The Bertz CT molecular complexity index is 816. The van der Waals surface area contributed by atoms with E-state index in [1.165, 1.54) is 11.7 Å². The number of rotatable bonds is 4. The van der Waals surface area contributed by atoms with Crippen LogP contribution >= 0.6 is 11.8 Å². The number of Topliss-reactive ketones (excluding diaryl/α,β-unsaturated/α-hetero) is 1. The predicted octanol–water partition coefficient (Wildman–Crippen LogP) is 0.722. The molecule has 0 unspecified atom stereocenters. The first kappa shape index (κ1) is 15.1. The maximum atomic E-state index is 13.4. The number of nitrogens with zero attached hydrogens (tertiary/aromatic N) is 2. The summed E-state index contributed by atoms with van der Waals surface area (Å²) in [6.45, 7) is 0. The summed E-state index contributed by atoms with van der Waals surface area (Å²) < 4.78 is 27.4. The van der Waals surface area contributed by atoms with Crippen molar-refractivity contribution in [2.45, 2.75) is 5.16 Å². The number of H-pyrrole nitrogens is 1. The molecule has 0 amide bonds. The molecule has 0 saturated heterocycles. The summed E-state index contributed by atoms with van der Waals surface area (Å²) in [4.78, 5) is 37.5. The van der Waals surface area contributed by atoms with Gasteiger partial charge in [-0.1, -0.05) is 11.8 Å². The zero-order valence-corrected chi connectivity index (χ0v) is 11.5. The number of carbonyl (C=O) groups excluding carboxylic acids is 1. The largest absolute Gasteiger partial charge is 0.339 e. The summed E-state index contributed by atoms with van der Waals surface area (Å²) in [7, 11) is 1.44. The van der Waals surface area contributed by atoms with E-state index in [-0.39, 0.29) is 16.5 Å². The monoisotopic (exact) mass is 313 g/mol. The molecule has 2 rings (SSSR count). The maximum Gasteiger partial charge on any atom is 0.339 e. The highest BCUT2D eigenvalue weighted by molar-refractivity contribution is 7.99. The van der Waals surface area contributed by atoms with Gasteiger partial charge in [0.25, 0.3) is 0 Å². The Labute approximate surface area is 120 Å². The molecule has 21 heavy (non-hydrogen) atoms. The number of halogens is 2. The Morgan fingerprint density at radius 2 is 2.10 bits per heavy atom. The first-order valence-electron chi connectivity index (χ1n) is 5.67. The van der Waals surface area contributed by atoms with Crippen LogP contribution in [0.4, 0.5) is 8.78 Å². The van der Waals surface area contributed by atoms with Crippen LogP contribution < -0.4 is 11.1 Å². The quantitative estimate of drug-likeness (QED) is 0.511. The summed E-state index contributed by atoms with van der Waals surface area (Å²) >= 11 is 0.858. The van der Waals surface area contributed by atoms with Crippen molar-refractivity contribution in [1.82, 2.24) is 14.8 Å². The average Bonchev–Trinajstić information content (AvgIpc) is 2.41. The second kappa shape index (κ2) is 6.00. The summed E-state index contributed by atoms with van der Waals surface area (Å²) in [5.74, 6) is -2.53. The molecule has 1 aromatic carbocycles. The van der Waals surface area contributed by atoms with Crippen molar-refractivity contribution in [3.05, 3.63) is 56.1 Å². The van der Waals surface area contributed by atoms with Gasteiger partial charge >= 0.3 is 11.1 Å². The molecule has 2 aromatic rings. The van der Waals surface area contributed by atoms with Crippen molar-refractivity contribution < 1.29 is 13.6 Å². The van der Waals surface area contributed by atoms with E-state index in [1.807, 2.05) is 0 Å².